The summed E-state index contributed by atoms with van der Waals surface area (Å²) in [5, 5.41) is 5.17. The van der Waals surface area contributed by atoms with Crippen LogP contribution in [0.25, 0.3) is 10.8 Å². The van der Waals surface area contributed by atoms with Gasteiger partial charge in [0.1, 0.15) is 18.5 Å². The Labute approximate surface area is 389 Å². The van der Waals surface area contributed by atoms with Gasteiger partial charge in [-0.15, -0.1) is 0 Å². The molecule has 66 heavy (non-hydrogen) atoms. The van der Waals surface area contributed by atoms with Crippen molar-refractivity contribution in [3.63, 3.8) is 0 Å². The van der Waals surface area contributed by atoms with E-state index in [-0.39, 0.29) is 16.9 Å². The molecule has 1 saturated heterocycles. The van der Waals surface area contributed by atoms with Gasteiger partial charge in [0.25, 0.3) is 0 Å². The Hall–Kier alpha value is -7.32. The van der Waals surface area contributed by atoms with Crippen molar-refractivity contribution < 1.29 is 47.6 Å². The first-order valence-corrected chi connectivity index (χ1v) is 22.1. The third kappa shape index (κ3) is 8.88. The van der Waals surface area contributed by atoms with E-state index in [0.717, 1.165) is 5.56 Å². The van der Waals surface area contributed by atoms with Gasteiger partial charge in [-0.25, -0.2) is 14.4 Å². The number of carbonyl (C=O) groups is 4. The highest BCUT2D eigenvalue weighted by Gasteiger charge is 2.54. The molecule has 0 aromatic heterocycles. The zero-order chi connectivity index (χ0) is 45.9. The number of fused-ring (bicyclic) bond motifs is 4. The molecular formula is C52H41ClN2O10S. The Morgan fingerprint density at radius 3 is 1.92 bits per heavy atom. The van der Waals surface area contributed by atoms with E-state index in [1.54, 1.807) is 110 Å². The van der Waals surface area contributed by atoms with Crippen LogP contribution in [-0.4, -0.2) is 62.1 Å². The van der Waals surface area contributed by atoms with Crippen LogP contribution in [0.2, 0.25) is 5.02 Å². The Morgan fingerprint density at radius 2 is 1.30 bits per heavy atom. The standard InChI is InChI=1S/C52H41ClN2O10S/c1-30-23-26-40(60-3)38(27-30)54-43-45(62-31(2)56)37-22-14-13-21-36(37)44-48(43)66-42-28-35(53)24-25-39(42)55(44)49-47(65-52(59)34-19-11-6-12-20-34)46(64-51(58)33-17-9-5-10-18-33)41(63-49)29-61-50(57)32-15-7-4-8-16-32/h4-28,41,46-47,49,54H,29H2,1-3H3. The Morgan fingerprint density at radius 1 is 0.712 bits per heavy atom. The predicted octanol–water partition coefficient (Wildman–Crippen LogP) is 11.1. The number of rotatable bonds is 12. The molecule has 1 N–H and O–H groups in total. The van der Waals surface area contributed by atoms with Crippen LogP contribution >= 0.6 is 23.4 Å². The summed E-state index contributed by atoms with van der Waals surface area (Å²) in [4.78, 5) is 58.0. The average Bonchev–Trinajstić information content (AvgIpc) is 3.66. The number of esters is 4. The molecule has 0 aliphatic carbocycles. The van der Waals surface area contributed by atoms with E-state index < -0.39 is 55.0 Å². The number of nitrogens with zero attached hydrogens (tertiary/aromatic N) is 1. The Bertz CT molecular complexity index is 2970. The monoisotopic (exact) mass is 920 g/mol. The van der Waals surface area contributed by atoms with Crippen LogP contribution in [-0.2, 0) is 23.7 Å². The molecular weight excluding hydrogens is 880 g/mol. The van der Waals surface area contributed by atoms with Gasteiger partial charge in [0.2, 0.25) is 0 Å². The number of anilines is 4. The lowest BCUT2D eigenvalue weighted by atomic mass is 10.0. The van der Waals surface area contributed by atoms with E-state index in [1.165, 1.54) is 18.7 Å². The maximum atomic E-state index is 14.3. The number of aryl methyl sites for hydroxylation is 1. The summed E-state index contributed by atoms with van der Waals surface area (Å²) < 4.78 is 37.6. The lowest BCUT2D eigenvalue weighted by Crippen LogP contribution is -2.47. The molecule has 2 aliphatic rings. The molecule has 4 atom stereocenters. The number of benzene rings is 7. The van der Waals surface area contributed by atoms with Crippen molar-refractivity contribution in [3.8, 4) is 11.5 Å². The van der Waals surface area contributed by atoms with Gasteiger partial charge in [-0.2, -0.15) is 0 Å². The second kappa shape index (κ2) is 19.0. The van der Waals surface area contributed by atoms with Crippen molar-refractivity contribution in [1.29, 1.82) is 0 Å². The molecule has 0 bridgehead atoms. The van der Waals surface area contributed by atoms with E-state index in [1.807, 2.05) is 60.4 Å². The van der Waals surface area contributed by atoms with Gasteiger partial charge in [0, 0.05) is 27.6 Å². The molecule has 332 valence electrons. The first-order chi connectivity index (χ1) is 32.1. The Balaban J connectivity index is 1.27. The van der Waals surface area contributed by atoms with Crippen LogP contribution in [0.5, 0.6) is 11.5 Å². The third-order valence-electron chi connectivity index (χ3n) is 11.0. The largest absolute Gasteiger partial charge is 0.495 e. The lowest BCUT2D eigenvalue weighted by molar-refractivity contribution is -0.131. The molecule has 2 aliphatic heterocycles. The summed E-state index contributed by atoms with van der Waals surface area (Å²) in [6.07, 6.45) is -5.16. The molecule has 0 amide bonds. The van der Waals surface area contributed by atoms with E-state index in [9.17, 15) is 19.2 Å². The van der Waals surface area contributed by atoms with Crippen molar-refractivity contribution >= 4 is 80.8 Å². The second-order valence-electron chi connectivity index (χ2n) is 15.4. The summed E-state index contributed by atoms with van der Waals surface area (Å²) in [5.74, 6) is -1.85. The summed E-state index contributed by atoms with van der Waals surface area (Å²) in [6, 6.07) is 43.7. The highest BCUT2D eigenvalue weighted by atomic mass is 35.5. The maximum absolute atomic E-state index is 14.3. The van der Waals surface area contributed by atoms with Crippen LogP contribution < -0.4 is 19.7 Å². The number of ether oxygens (including phenoxy) is 6. The minimum absolute atomic E-state index is 0.236. The predicted molar refractivity (Wildman–Crippen MR) is 251 cm³/mol. The third-order valence-corrected chi connectivity index (χ3v) is 12.4. The molecule has 12 nitrogen and oxygen atoms in total. The van der Waals surface area contributed by atoms with Gasteiger partial charge in [-0.05, 0) is 79.2 Å². The van der Waals surface area contributed by atoms with Gasteiger partial charge >= 0.3 is 23.9 Å². The molecule has 7 aromatic carbocycles. The molecule has 2 heterocycles. The fourth-order valence-corrected chi connectivity index (χ4v) is 9.51. The smallest absolute Gasteiger partial charge is 0.338 e. The molecule has 0 radical (unpaired) electrons. The zero-order valence-electron chi connectivity index (χ0n) is 35.8. The quantitative estimate of drug-likeness (QED) is 0.0707. The van der Waals surface area contributed by atoms with Crippen LogP contribution in [0, 0.1) is 6.92 Å². The molecule has 14 heteroatoms. The summed E-state index contributed by atoms with van der Waals surface area (Å²) >= 11 is 8.11. The van der Waals surface area contributed by atoms with E-state index in [4.69, 9.17) is 40.0 Å². The SMILES string of the molecule is COc1ccc(C)cc1Nc1c2c(c3ccccc3c1OC(C)=O)N(C1OC(COC(=O)c3ccccc3)C(OC(=O)c3ccccc3)C1OC(=O)c1ccccc1)c1ccc(Cl)cc1S2. The molecule has 1 fully saturated rings. The lowest BCUT2D eigenvalue weighted by Gasteiger charge is -2.40. The first kappa shape index (κ1) is 43.9. The van der Waals surface area contributed by atoms with E-state index in [2.05, 4.69) is 5.32 Å². The molecule has 9 rings (SSSR count). The number of nitrogens with one attached hydrogen (secondary N) is 1. The number of carbonyl (C=O) groups excluding carboxylic acids is 4. The fourth-order valence-electron chi connectivity index (χ4n) is 8.05. The van der Waals surface area contributed by atoms with Crippen molar-refractivity contribution in [2.75, 3.05) is 23.9 Å². The number of halogens is 1. The van der Waals surface area contributed by atoms with Crippen LogP contribution in [0.4, 0.5) is 22.7 Å². The summed E-state index contributed by atoms with van der Waals surface area (Å²) in [6.45, 7) is 2.88. The number of methoxy groups -OCH3 is 1. The summed E-state index contributed by atoms with van der Waals surface area (Å²) in [5.41, 5.74) is 3.88. The maximum Gasteiger partial charge on any atom is 0.338 e. The second-order valence-corrected chi connectivity index (χ2v) is 16.9. The van der Waals surface area contributed by atoms with Crippen LogP contribution in [0.15, 0.2) is 161 Å². The highest BCUT2D eigenvalue weighted by Crippen LogP contribution is 2.60. The number of hydrogen-bond donors (Lipinski definition) is 1. The Kier molecular flexibility index (Phi) is 12.7. The fraction of sp³-hybridized carbons (Fsp3) is 0.154. The summed E-state index contributed by atoms with van der Waals surface area (Å²) in [7, 11) is 1.57. The van der Waals surface area contributed by atoms with Gasteiger partial charge in [-0.3, -0.25) is 4.79 Å². The van der Waals surface area contributed by atoms with Crippen molar-refractivity contribution in [2.24, 2.45) is 0 Å². The van der Waals surface area contributed by atoms with Crippen LogP contribution in [0.3, 0.4) is 0 Å². The normalized spacial score (nSPS) is 17.2. The molecule has 0 saturated carbocycles. The van der Waals surface area contributed by atoms with Crippen LogP contribution in [0.1, 0.15) is 43.6 Å². The zero-order valence-corrected chi connectivity index (χ0v) is 37.3. The molecule has 7 aromatic rings. The molecule has 4 unspecified atom stereocenters. The van der Waals surface area contributed by atoms with Gasteiger partial charge in [0.15, 0.2) is 24.2 Å². The average molecular weight is 921 g/mol. The van der Waals surface area contributed by atoms with Crippen molar-refractivity contribution in [1.82, 2.24) is 0 Å². The molecule has 0 spiro atoms. The van der Waals surface area contributed by atoms with E-state index in [0.29, 0.717) is 59.6 Å². The van der Waals surface area contributed by atoms with Gasteiger partial charge < -0.3 is 38.6 Å². The minimum atomic E-state index is -1.37. The highest BCUT2D eigenvalue weighted by molar-refractivity contribution is 8.00. The van der Waals surface area contributed by atoms with Gasteiger partial charge in [-0.1, -0.05) is 108 Å². The van der Waals surface area contributed by atoms with Crippen molar-refractivity contribution in [3.05, 3.63) is 179 Å². The van der Waals surface area contributed by atoms with Gasteiger partial charge in [0.05, 0.1) is 51.4 Å². The topological polar surface area (TPSA) is 139 Å². The number of hydrogen-bond acceptors (Lipinski definition) is 13. The van der Waals surface area contributed by atoms with Crippen molar-refractivity contribution in [2.45, 2.75) is 48.2 Å². The van der Waals surface area contributed by atoms with E-state index >= 15 is 0 Å². The minimum Gasteiger partial charge on any atom is -0.495 e. The first-order valence-electron chi connectivity index (χ1n) is 20.9.